The summed E-state index contributed by atoms with van der Waals surface area (Å²) in [5, 5.41) is 8.50. The fraction of sp³-hybridized carbons (Fsp3) is 0.606. The Kier molecular flexibility index (Phi) is 6.93. The predicted octanol–water partition coefficient (Wildman–Crippen LogP) is 6.37. The van der Waals surface area contributed by atoms with Gasteiger partial charge in [0.2, 0.25) is 0 Å². The maximum absolute atomic E-state index is 12.4. The molecule has 6 atom stereocenters. The monoisotopic (exact) mass is 529 g/mol. The molecule has 0 saturated heterocycles. The molecule has 0 radical (unpaired) electrons. The Balaban J connectivity index is 1.02. The first kappa shape index (κ1) is 26.3. The second-order valence-corrected chi connectivity index (χ2v) is 13.1. The number of benzene rings is 1. The minimum atomic E-state index is -0.144. The molecule has 1 aromatic heterocycles. The number of nitrogens with one attached hydrogen (secondary N) is 2. The van der Waals surface area contributed by atoms with Gasteiger partial charge in [-0.2, -0.15) is 0 Å². The van der Waals surface area contributed by atoms with Gasteiger partial charge in [-0.05, 0) is 110 Å². The van der Waals surface area contributed by atoms with Crippen LogP contribution in [0, 0.1) is 34.5 Å². The predicted molar refractivity (Wildman–Crippen MR) is 154 cm³/mol. The Morgan fingerprint density at radius 3 is 2.74 bits per heavy atom. The van der Waals surface area contributed by atoms with Crippen LogP contribution in [-0.2, 0) is 20.8 Å². The number of aromatic amines is 1. The van der Waals surface area contributed by atoms with Crippen molar-refractivity contribution in [3.8, 4) is 0 Å². The van der Waals surface area contributed by atoms with Crippen LogP contribution in [0.25, 0.3) is 10.9 Å². The van der Waals surface area contributed by atoms with E-state index in [2.05, 4.69) is 53.6 Å². The zero-order chi connectivity index (χ0) is 27.2. The van der Waals surface area contributed by atoms with Crippen molar-refractivity contribution >= 4 is 28.3 Å². The summed E-state index contributed by atoms with van der Waals surface area (Å²) in [6, 6.07) is 10.3. The molecule has 1 amide bonds. The summed E-state index contributed by atoms with van der Waals surface area (Å²) in [6.45, 7) is 7.21. The number of hydrogen-bond acceptors (Lipinski definition) is 4. The van der Waals surface area contributed by atoms with Crippen molar-refractivity contribution in [2.45, 2.75) is 78.6 Å². The average molecular weight is 530 g/mol. The molecule has 0 bridgehead atoms. The van der Waals surface area contributed by atoms with Crippen LogP contribution in [0.4, 0.5) is 0 Å². The highest BCUT2D eigenvalue weighted by Crippen LogP contribution is 2.66. The third kappa shape index (κ3) is 4.74. The fourth-order valence-electron chi connectivity index (χ4n) is 9.14. The topological polar surface area (TPSA) is 83.5 Å². The number of carbonyl (C=O) groups is 2. The number of nitrogens with zero attached hydrogens (tertiary/aromatic N) is 1. The van der Waals surface area contributed by atoms with Crippen molar-refractivity contribution in [2.75, 3.05) is 13.2 Å². The molecule has 4 aliphatic rings. The molecular weight excluding hydrogens is 486 g/mol. The van der Waals surface area contributed by atoms with Crippen LogP contribution in [0.1, 0.15) is 77.8 Å². The zero-order valence-corrected chi connectivity index (χ0v) is 23.7. The van der Waals surface area contributed by atoms with E-state index in [0.717, 1.165) is 54.9 Å². The Morgan fingerprint density at radius 1 is 1.08 bits per heavy atom. The molecule has 6 rings (SSSR count). The number of carbonyl (C=O) groups excluding carboxylic acids is 2. The van der Waals surface area contributed by atoms with Gasteiger partial charge in [-0.3, -0.25) is 9.59 Å². The number of ketones is 1. The Hall–Kier alpha value is -2.89. The number of oxime groups is 1. The molecule has 3 saturated carbocycles. The normalized spacial score (nSPS) is 34.6. The minimum Gasteiger partial charge on any atom is -0.385 e. The maximum atomic E-state index is 12.4. The van der Waals surface area contributed by atoms with Crippen LogP contribution in [0.15, 0.2) is 47.1 Å². The van der Waals surface area contributed by atoms with Gasteiger partial charge >= 0.3 is 0 Å². The van der Waals surface area contributed by atoms with Gasteiger partial charge < -0.3 is 15.1 Å². The van der Waals surface area contributed by atoms with E-state index in [9.17, 15) is 9.59 Å². The number of para-hydroxylation sites is 1. The third-order valence-corrected chi connectivity index (χ3v) is 11.1. The highest BCUT2D eigenvalue weighted by Gasteiger charge is 2.59. The van der Waals surface area contributed by atoms with E-state index in [-0.39, 0.29) is 29.3 Å². The van der Waals surface area contributed by atoms with Crippen LogP contribution in [0.3, 0.4) is 0 Å². The zero-order valence-electron chi connectivity index (χ0n) is 23.7. The number of rotatable bonds is 7. The van der Waals surface area contributed by atoms with Crippen molar-refractivity contribution in [2.24, 2.45) is 39.7 Å². The number of Topliss-reactive ketones (excluding diaryl/α,β-unsaturated/α-hetero) is 1. The summed E-state index contributed by atoms with van der Waals surface area (Å²) in [6.07, 6.45) is 12.1. The van der Waals surface area contributed by atoms with E-state index in [4.69, 9.17) is 4.84 Å². The van der Waals surface area contributed by atoms with Crippen molar-refractivity contribution < 1.29 is 14.4 Å². The Morgan fingerprint density at radius 2 is 1.92 bits per heavy atom. The van der Waals surface area contributed by atoms with Crippen molar-refractivity contribution in [1.29, 1.82) is 0 Å². The first-order valence-electron chi connectivity index (χ1n) is 15.0. The Labute approximate surface area is 232 Å². The molecule has 4 aliphatic carbocycles. The summed E-state index contributed by atoms with van der Waals surface area (Å²) < 4.78 is 0. The second-order valence-electron chi connectivity index (χ2n) is 13.1. The van der Waals surface area contributed by atoms with Gasteiger partial charge in [-0.25, -0.2) is 0 Å². The molecule has 1 aromatic carbocycles. The number of fused-ring (bicyclic) bond motifs is 6. The molecule has 0 aliphatic heterocycles. The van der Waals surface area contributed by atoms with E-state index in [1.54, 1.807) is 0 Å². The molecule has 6 nitrogen and oxygen atoms in total. The molecule has 39 heavy (non-hydrogen) atoms. The molecule has 208 valence electrons. The Bertz CT molecular complexity index is 1290. The molecule has 0 spiro atoms. The summed E-state index contributed by atoms with van der Waals surface area (Å²) in [7, 11) is 0. The first-order chi connectivity index (χ1) is 18.8. The summed E-state index contributed by atoms with van der Waals surface area (Å²) in [4.78, 5) is 33.6. The second kappa shape index (κ2) is 10.3. The number of amides is 1. The van der Waals surface area contributed by atoms with Crippen LogP contribution in [0.2, 0.25) is 0 Å². The van der Waals surface area contributed by atoms with Crippen molar-refractivity contribution in [3.05, 3.63) is 47.7 Å². The van der Waals surface area contributed by atoms with Gasteiger partial charge in [-0.15, -0.1) is 0 Å². The number of allylic oxidation sites excluding steroid dienone is 2. The van der Waals surface area contributed by atoms with Crippen LogP contribution in [0.5, 0.6) is 0 Å². The van der Waals surface area contributed by atoms with Gasteiger partial charge in [-0.1, -0.05) is 42.8 Å². The summed E-state index contributed by atoms with van der Waals surface area (Å²) in [5.74, 6) is 2.65. The highest BCUT2D eigenvalue weighted by atomic mass is 16.6. The standard InChI is InChI=1S/C33H43N3O3/c1-21(37)27-10-11-28-26-9-8-23-19-25(12-15-32(23,2)29(26)13-16-33(27,28)3)36-39-20-31(38)34-17-14-24-18-22-6-4-5-7-30(22)35-24/h4-7,18-19,26-29,35H,8-17,20H2,1-3H3,(H,34,38)/b36-25+/t26?,27?,28?,29?,32-,33+/m1/s1. The minimum absolute atomic E-state index is 0.0566. The molecule has 6 heteroatoms. The third-order valence-electron chi connectivity index (χ3n) is 11.1. The molecule has 1 heterocycles. The lowest BCUT2D eigenvalue weighted by molar-refractivity contribution is -0.128. The lowest BCUT2D eigenvalue weighted by Crippen LogP contribution is -2.51. The van der Waals surface area contributed by atoms with E-state index in [1.807, 2.05) is 19.1 Å². The SMILES string of the molecule is CC(=O)C1CCC2C3CCC4=C/C(=N/OCC(=O)NCCc5cc6ccccc6[nH]5)CC[C@@]4(C)C3CC[C@@]12C. The van der Waals surface area contributed by atoms with Crippen molar-refractivity contribution in [3.63, 3.8) is 0 Å². The number of aromatic nitrogens is 1. The van der Waals surface area contributed by atoms with Crippen LogP contribution in [-0.4, -0.2) is 35.5 Å². The van der Waals surface area contributed by atoms with Gasteiger partial charge in [0.1, 0.15) is 5.78 Å². The van der Waals surface area contributed by atoms with E-state index in [1.165, 1.54) is 36.6 Å². The lowest BCUT2D eigenvalue weighted by Gasteiger charge is -2.58. The number of H-pyrrole nitrogens is 1. The first-order valence-corrected chi connectivity index (χ1v) is 15.0. The summed E-state index contributed by atoms with van der Waals surface area (Å²) >= 11 is 0. The van der Waals surface area contributed by atoms with Crippen LogP contribution >= 0.6 is 0 Å². The molecule has 3 fully saturated rings. The van der Waals surface area contributed by atoms with E-state index >= 15 is 0 Å². The van der Waals surface area contributed by atoms with E-state index < -0.39 is 0 Å². The van der Waals surface area contributed by atoms with Gasteiger partial charge in [0.25, 0.3) is 5.91 Å². The quantitative estimate of drug-likeness (QED) is 0.409. The number of hydrogen-bond donors (Lipinski definition) is 2. The molecular formula is C33H43N3O3. The molecule has 2 N–H and O–H groups in total. The highest BCUT2D eigenvalue weighted by molar-refractivity contribution is 5.96. The molecule has 4 unspecified atom stereocenters. The van der Waals surface area contributed by atoms with Crippen LogP contribution < -0.4 is 5.32 Å². The van der Waals surface area contributed by atoms with Gasteiger partial charge in [0.05, 0.1) is 5.71 Å². The van der Waals surface area contributed by atoms with Crippen molar-refractivity contribution in [1.82, 2.24) is 10.3 Å². The largest absolute Gasteiger partial charge is 0.385 e. The average Bonchev–Trinajstić information content (AvgIpc) is 3.49. The van der Waals surface area contributed by atoms with Gasteiger partial charge in [0, 0.05) is 30.1 Å². The van der Waals surface area contributed by atoms with Gasteiger partial charge in [0.15, 0.2) is 6.61 Å². The van der Waals surface area contributed by atoms with E-state index in [0.29, 0.717) is 24.2 Å². The lowest BCUT2D eigenvalue weighted by atomic mass is 9.46. The fourth-order valence-corrected chi connectivity index (χ4v) is 9.14. The molecule has 2 aromatic rings. The smallest absolute Gasteiger partial charge is 0.260 e. The maximum Gasteiger partial charge on any atom is 0.260 e. The summed E-state index contributed by atoms with van der Waals surface area (Å²) in [5.41, 5.74) is 5.13.